The number of anilines is 1. The van der Waals surface area contributed by atoms with Crippen LogP contribution in [0.4, 0.5) is 5.69 Å². The molecule has 6 heteroatoms. The Morgan fingerprint density at radius 2 is 1.95 bits per heavy atom. The van der Waals surface area contributed by atoms with Gasteiger partial charge in [0.1, 0.15) is 0 Å². The van der Waals surface area contributed by atoms with Crippen molar-refractivity contribution in [3.05, 3.63) is 48.3 Å². The summed E-state index contributed by atoms with van der Waals surface area (Å²) in [5, 5.41) is 7.66. The normalized spacial score (nSPS) is 15.5. The van der Waals surface area contributed by atoms with Crippen LogP contribution in [0.25, 0.3) is 0 Å². The van der Waals surface area contributed by atoms with E-state index < -0.39 is 0 Å². The Morgan fingerprint density at radius 1 is 1.23 bits per heavy atom. The standard InChI is InChI=1S/C16H21N5.HI/c17-16(19-13-6-2-1-3-7-13)18-12-14-10-11-21(20-14)15-8-4-5-9-15;/h1-3,6-7,10-11,15H,4-5,8-9,12H2,(H3,17,18,19);1H. The summed E-state index contributed by atoms with van der Waals surface area (Å²) in [4.78, 5) is 4.34. The summed E-state index contributed by atoms with van der Waals surface area (Å²) in [6, 6.07) is 12.4. The van der Waals surface area contributed by atoms with Crippen LogP contribution in [-0.2, 0) is 6.54 Å². The molecular weight excluding hydrogens is 389 g/mol. The quantitative estimate of drug-likeness (QED) is 0.460. The van der Waals surface area contributed by atoms with Crippen molar-refractivity contribution in [3.63, 3.8) is 0 Å². The van der Waals surface area contributed by atoms with Crippen LogP contribution < -0.4 is 11.1 Å². The summed E-state index contributed by atoms with van der Waals surface area (Å²) in [5.41, 5.74) is 7.78. The van der Waals surface area contributed by atoms with Crippen LogP contribution in [0.2, 0.25) is 0 Å². The van der Waals surface area contributed by atoms with Crippen LogP contribution in [-0.4, -0.2) is 15.7 Å². The van der Waals surface area contributed by atoms with Crippen LogP contribution >= 0.6 is 24.0 Å². The molecule has 0 saturated heterocycles. The molecule has 0 radical (unpaired) electrons. The van der Waals surface area contributed by atoms with Gasteiger partial charge in [0.05, 0.1) is 18.3 Å². The van der Waals surface area contributed by atoms with Gasteiger partial charge in [-0.1, -0.05) is 31.0 Å². The van der Waals surface area contributed by atoms with Crippen LogP contribution in [0.3, 0.4) is 0 Å². The van der Waals surface area contributed by atoms with Crippen molar-refractivity contribution in [1.82, 2.24) is 9.78 Å². The van der Waals surface area contributed by atoms with E-state index in [0.29, 0.717) is 18.5 Å². The summed E-state index contributed by atoms with van der Waals surface area (Å²) in [6.07, 6.45) is 7.16. The molecule has 0 bridgehead atoms. The van der Waals surface area contributed by atoms with Crippen molar-refractivity contribution >= 4 is 35.6 Å². The fourth-order valence-corrected chi connectivity index (χ4v) is 2.71. The zero-order valence-corrected chi connectivity index (χ0v) is 14.8. The molecule has 1 aromatic heterocycles. The van der Waals surface area contributed by atoms with E-state index in [0.717, 1.165) is 11.4 Å². The Morgan fingerprint density at radius 3 is 2.68 bits per heavy atom. The fourth-order valence-electron chi connectivity index (χ4n) is 2.71. The molecule has 0 aliphatic heterocycles. The average Bonchev–Trinajstić information content (AvgIpc) is 3.17. The van der Waals surface area contributed by atoms with E-state index in [2.05, 4.69) is 26.3 Å². The molecule has 1 saturated carbocycles. The first-order valence-electron chi connectivity index (χ1n) is 7.47. The van der Waals surface area contributed by atoms with E-state index in [9.17, 15) is 0 Å². The second-order valence-corrected chi connectivity index (χ2v) is 5.42. The highest BCUT2D eigenvalue weighted by Gasteiger charge is 2.17. The highest BCUT2D eigenvalue weighted by Crippen LogP contribution is 2.28. The largest absolute Gasteiger partial charge is 0.370 e. The lowest BCUT2D eigenvalue weighted by Gasteiger charge is -2.08. The SMILES string of the molecule is I.NC(=NCc1ccn(C2CCCC2)n1)Nc1ccccc1. The summed E-state index contributed by atoms with van der Waals surface area (Å²) in [6.45, 7) is 0.505. The van der Waals surface area contributed by atoms with E-state index >= 15 is 0 Å². The maximum absolute atomic E-state index is 5.89. The molecular formula is C16H22IN5. The zero-order valence-electron chi connectivity index (χ0n) is 12.5. The van der Waals surface area contributed by atoms with Gasteiger partial charge in [0.25, 0.3) is 0 Å². The molecule has 118 valence electrons. The number of nitrogens with two attached hydrogens (primary N) is 1. The molecule has 22 heavy (non-hydrogen) atoms. The number of para-hydroxylation sites is 1. The van der Waals surface area contributed by atoms with Gasteiger partial charge in [-0.3, -0.25) is 4.68 Å². The van der Waals surface area contributed by atoms with Crippen LogP contribution in [0.5, 0.6) is 0 Å². The first kappa shape index (κ1) is 16.8. The number of halogens is 1. The number of nitrogens with one attached hydrogen (secondary N) is 1. The summed E-state index contributed by atoms with van der Waals surface area (Å²) in [7, 11) is 0. The van der Waals surface area contributed by atoms with Gasteiger partial charge in [0.2, 0.25) is 0 Å². The second kappa shape index (κ2) is 8.17. The number of aromatic nitrogens is 2. The van der Waals surface area contributed by atoms with Crippen LogP contribution in [0.15, 0.2) is 47.6 Å². The maximum atomic E-state index is 5.89. The third-order valence-electron chi connectivity index (χ3n) is 3.82. The molecule has 2 aromatic rings. The molecule has 1 heterocycles. The predicted octanol–water partition coefficient (Wildman–Crippen LogP) is 3.54. The van der Waals surface area contributed by atoms with Crippen molar-refractivity contribution in [2.24, 2.45) is 10.7 Å². The fraction of sp³-hybridized carbons (Fsp3) is 0.375. The Balaban J connectivity index is 0.00000176. The third kappa shape index (κ3) is 4.46. The van der Waals surface area contributed by atoms with Crippen molar-refractivity contribution in [2.45, 2.75) is 38.3 Å². The number of hydrogen-bond acceptors (Lipinski definition) is 2. The van der Waals surface area contributed by atoms with E-state index in [1.54, 1.807) is 0 Å². The molecule has 3 N–H and O–H groups in total. The van der Waals surface area contributed by atoms with Gasteiger partial charge in [-0.05, 0) is 31.0 Å². The lowest BCUT2D eigenvalue weighted by molar-refractivity contribution is 0.463. The van der Waals surface area contributed by atoms with Gasteiger partial charge < -0.3 is 11.1 Å². The van der Waals surface area contributed by atoms with Crippen LogP contribution in [0.1, 0.15) is 37.4 Å². The maximum Gasteiger partial charge on any atom is 0.193 e. The van der Waals surface area contributed by atoms with E-state index in [1.165, 1.54) is 25.7 Å². The number of hydrogen-bond donors (Lipinski definition) is 2. The van der Waals surface area contributed by atoms with Crippen molar-refractivity contribution < 1.29 is 0 Å². The Kier molecular flexibility index (Phi) is 6.23. The Bertz CT molecular complexity index is 602. The van der Waals surface area contributed by atoms with E-state index in [-0.39, 0.29) is 24.0 Å². The van der Waals surface area contributed by atoms with Gasteiger partial charge in [0, 0.05) is 11.9 Å². The molecule has 0 spiro atoms. The first-order valence-corrected chi connectivity index (χ1v) is 7.47. The first-order chi connectivity index (χ1) is 10.3. The molecule has 1 aliphatic carbocycles. The second-order valence-electron chi connectivity index (χ2n) is 5.42. The van der Waals surface area contributed by atoms with Crippen molar-refractivity contribution in [2.75, 3.05) is 5.32 Å². The minimum absolute atomic E-state index is 0. The molecule has 1 aromatic carbocycles. The smallest absolute Gasteiger partial charge is 0.193 e. The lowest BCUT2D eigenvalue weighted by atomic mass is 10.3. The Hall–Kier alpha value is -1.57. The van der Waals surface area contributed by atoms with Gasteiger partial charge >= 0.3 is 0 Å². The van der Waals surface area contributed by atoms with Gasteiger partial charge in [-0.15, -0.1) is 24.0 Å². The number of nitrogens with zero attached hydrogens (tertiary/aromatic N) is 3. The number of aliphatic imine (C=N–C) groups is 1. The molecule has 1 fully saturated rings. The highest BCUT2D eigenvalue weighted by atomic mass is 127. The number of benzene rings is 1. The van der Waals surface area contributed by atoms with Gasteiger partial charge in [-0.25, -0.2) is 4.99 Å². The molecule has 0 unspecified atom stereocenters. The highest BCUT2D eigenvalue weighted by molar-refractivity contribution is 14.0. The third-order valence-corrected chi connectivity index (χ3v) is 3.82. The monoisotopic (exact) mass is 411 g/mol. The minimum atomic E-state index is 0. The molecule has 0 amide bonds. The van der Waals surface area contributed by atoms with Gasteiger partial charge in [0.15, 0.2) is 5.96 Å². The predicted molar refractivity (Wildman–Crippen MR) is 101 cm³/mol. The lowest BCUT2D eigenvalue weighted by Crippen LogP contribution is -2.22. The summed E-state index contributed by atoms with van der Waals surface area (Å²) in [5.74, 6) is 0.414. The molecule has 3 rings (SSSR count). The van der Waals surface area contributed by atoms with E-state index in [1.807, 2.05) is 36.4 Å². The molecule has 1 aliphatic rings. The molecule has 0 atom stereocenters. The minimum Gasteiger partial charge on any atom is -0.370 e. The van der Waals surface area contributed by atoms with Crippen molar-refractivity contribution in [3.8, 4) is 0 Å². The topological polar surface area (TPSA) is 68.2 Å². The zero-order chi connectivity index (χ0) is 14.5. The van der Waals surface area contributed by atoms with Gasteiger partial charge in [-0.2, -0.15) is 5.10 Å². The summed E-state index contributed by atoms with van der Waals surface area (Å²) < 4.78 is 2.08. The number of rotatable bonds is 4. The van der Waals surface area contributed by atoms with Crippen molar-refractivity contribution in [1.29, 1.82) is 0 Å². The van der Waals surface area contributed by atoms with Crippen LogP contribution in [0, 0.1) is 0 Å². The molecule has 5 nitrogen and oxygen atoms in total. The summed E-state index contributed by atoms with van der Waals surface area (Å²) >= 11 is 0. The Labute approximate surface area is 148 Å². The van der Waals surface area contributed by atoms with E-state index in [4.69, 9.17) is 5.73 Å². The average molecular weight is 411 g/mol. The number of guanidine groups is 1.